The van der Waals surface area contributed by atoms with Gasteiger partial charge in [-0.3, -0.25) is 9.59 Å². The van der Waals surface area contributed by atoms with E-state index in [0.29, 0.717) is 54.8 Å². The zero-order valence-corrected chi connectivity index (χ0v) is 19.3. The highest BCUT2D eigenvalue weighted by atomic mass is 35.5. The van der Waals surface area contributed by atoms with Crippen LogP contribution in [0.4, 0.5) is 11.4 Å². The second-order valence-corrected chi connectivity index (χ2v) is 8.83. The summed E-state index contributed by atoms with van der Waals surface area (Å²) in [5.74, 6) is 1.40. The molecule has 0 spiro atoms. The van der Waals surface area contributed by atoms with Gasteiger partial charge < -0.3 is 24.7 Å². The molecule has 0 bridgehead atoms. The fourth-order valence-electron chi connectivity index (χ4n) is 4.44. The summed E-state index contributed by atoms with van der Waals surface area (Å²) >= 11 is 6.47. The number of nitrogens with zero attached hydrogens (tertiary/aromatic N) is 4. The van der Waals surface area contributed by atoms with E-state index in [1.54, 1.807) is 24.4 Å². The Morgan fingerprint density at radius 3 is 2.74 bits per heavy atom. The van der Waals surface area contributed by atoms with Crippen molar-refractivity contribution in [2.45, 2.75) is 12.8 Å². The number of H-pyrrole nitrogens is 1. The summed E-state index contributed by atoms with van der Waals surface area (Å²) in [6.07, 6.45) is 2.82. The Morgan fingerprint density at radius 1 is 1.11 bits per heavy atom. The molecular weight excluding hydrogens is 472 g/mol. The molecule has 1 amide bonds. The van der Waals surface area contributed by atoms with E-state index in [1.807, 2.05) is 29.2 Å². The Kier molecular flexibility index (Phi) is 5.29. The number of carbonyl (C=O) groups is 1. The van der Waals surface area contributed by atoms with Crippen molar-refractivity contribution in [3.63, 3.8) is 0 Å². The van der Waals surface area contributed by atoms with Crippen molar-refractivity contribution < 1.29 is 14.3 Å². The van der Waals surface area contributed by atoms with Crippen molar-refractivity contribution >= 4 is 39.9 Å². The Morgan fingerprint density at radius 2 is 1.91 bits per heavy atom. The van der Waals surface area contributed by atoms with Gasteiger partial charge in [-0.15, -0.1) is 0 Å². The second-order valence-electron chi connectivity index (χ2n) is 8.46. The number of aromatic nitrogens is 4. The average Bonchev–Trinajstić information content (AvgIpc) is 3.52. The molecule has 6 rings (SSSR count). The standard InChI is InChI=1S/C24H21ClN6O4/c25-21-18(12-26-31(23(21)33)24-28-16-3-1-2-4-17(16)29-24)30-9-7-14(8-10-30)22(32)27-15-5-6-19-20(11-15)35-13-34-19/h1-6,11-12,14H,7-10,13H2,(H,27,32)(H,28,29). The number of halogens is 1. The number of fused-ring (bicyclic) bond motifs is 2. The number of nitrogens with one attached hydrogen (secondary N) is 2. The third-order valence-corrected chi connectivity index (χ3v) is 6.68. The van der Waals surface area contributed by atoms with Crippen molar-refractivity contribution in [1.82, 2.24) is 19.7 Å². The summed E-state index contributed by atoms with van der Waals surface area (Å²) in [5.41, 5.74) is 2.31. The molecule has 0 unspecified atom stereocenters. The number of piperidine rings is 1. The summed E-state index contributed by atoms with van der Waals surface area (Å²) in [6.45, 7) is 1.34. The number of para-hydroxylation sites is 2. The van der Waals surface area contributed by atoms with Gasteiger partial charge in [0.05, 0.1) is 22.9 Å². The largest absolute Gasteiger partial charge is 0.454 e. The minimum absolute atomic E-state index is 0.0481. The van der Waals surface area contributed by atoms with Crippen molar-refractivity contribution in [1.29, 1.82) is 0 Å². The Bertz CT molecular complexity index is 1460. The second kappa shape index (κ2) is 8.62. The van der Waals surface area contributed by atoms with Gasteiger partial charge >= 0.3 is 0 Å². The van der Waals surface area contributed by atoms with Crippen molar-refractivity contribution in [3.8, 4) is 17.4 Å². The summed E-state index contributed by atoms with van der Waals surface area (Å²) in [7, 11) is 0. The number of benzene rings is 2. The number of amides is 1. The van der Waals surface area contributed by atoms with Gasteiger partial charge in [-0.2, -0.15) is 9.78 Å². The topological polar surface area (TPSA) is 114 Å². The van der Waals surface area contributed by atoms with Crippen LogP contribution in [-0.2, 0) is 4.79 Å². The maximum atomic E-state index is 13.0. The molecule has 1 saturated heterocycles. The van der Waals surface area contributed by atoms with Crippen LogP contribution in [0.15, 0.2) is 53.5 Å². The lowest BCUT2D eigenvalue weighted by Crippen LogP contribution is -2.39. The third-order valence-electron chi connectivity index (χ3n) is 6.32. The molecule has 10 nitrogen and oxygen atoms in total. The Labute approximate surface area is 204 Å². The minimum atomic E-state index is -0.453. The van der Waals surface area contributed by atoms with Crippen LogP contribution in [0, 0.1) is 5.92 Å². The molecule has 2 aliphatic rings. The van der Waals surface area contributed by atoms with Gasteiger partial charge in [-0.25, -0.2) is 4.98 Å². The van der Waals surface area contributed by atoms with E-state index in [0.717, 1.165) is 15.7 Å². The third kappa shape index (κ3) is 3.95. The monoisotopic (exact) mass is 492 g/mol. The predicted octanol–water partition coefficient (Wildman–Crippen LogP) is 3.35. The summed E-state index contributed by atoms with van der Waals surface area (Å²) in [4.78, 5) is 35.3. The molecule has 0 radical (unpaired) electrons. The maximum absolute atomic E-state index is 13.0. The van der Waals surface area contributed by atoms with E-state index >= 15 is 0 Å². The summed E-state index contributed by atoms with van der Waals surface area (Å²) in [5, 5.41) is 7.33. The van der Waals surface area contributed by atoms with Crippen LogP contribution in [0.3, 0.4) is 0 Å². The fourth-order valence-corrected chi connectivity index (χ4v) is 4.68. The summed E-state index contributed by atoms with van der Waals surface area (Å²) in [6, 6.07) is 12.8. The lowest BCUT2D eigenvalue weighted by molar-refractivity contribution is -0.120. The molecular formula is C24H21ClN6O4. The quantitative estimate of drug-likeness (QED) is 0.449. The molecule has 35 heavy (non-hydrogen) atoms. The number of ether oxygens (including phenoxy) is 2. The number of imidazole rings is 1. The van der Waals surface area contributed by atoms with E-state index in [1.165, 1.54) is 0 Å². The fraction of sp³-hybridized carbons (Fsp3) is 0.250. The highest BCUT2D eigenvalue weighted by Gasteiger charge is 2.28. The van der Waals surface area contributed by atoms with Crippen LogP contribution in [0.2, 0.25) is 5.02 Å². The summed E-state index contributed by atoms with van der Waals surface area (Å²) < 4.78 is 11.8. The average molecular weight is 493 g/mol. The van der Waals surface area contributed by atoms with E-state index < -0.39 is 5.56 Å². The van der Waals surface area contributed by atoms with Gasteiger partial charge in [-0.1, -0.05) is 23.7 Å². The molecule has 0 aliphatic carbocycles. The van der Waals surface area contributed by atoms with E-state index in [2.05, 4.69) is 20.4 Å². The lowest BCUT2D eigenvalue weighted by Gasteiger charge is -2.33. The molecule has 2 N–H and O–H groups in total. The van der Waals surface area contributed by atoms with Crippen LogP contribution in [0.1, 0.15) is 12.8 Å². The number of rotatable bonds is 4. The molecule has 2 aliphatic heterocycles. The molecule has 2 aromatic heterocycles. The highest BCUT2D eigenvalue weighted by Crippen LogP contribution is 2.35. The van der Waals surface area contributed by atoms with Crippen molar-refractivity contribution in [2.75, 3.05) is 30.1 Å². The molecule has 178 valence electrons. The van der Waals surface area contributed by atoms with Crippen LogP contribution < -0.4 is 25.2 Å². The Hall–Kier alpha value is -4.05. The zero-order valence-electron chi connectivity index (χ0n) is 18.5. The van der Waals surface area contributed by atoms with Crippen molar-refractivity contribution in [2.24, 2.45) is 5.92 Å². The first kappa shape index (κ1) is 21.5. The van der Waals surface area contributed by atoms with E-state index in [4.69, 9.17) is 21.1 Å². The zero-order chi connectivity index (χ0) is 23.9. The van der Waals surface area contributed by atoms with Gasteiger partial charge in [0, 0.05) is 30.8 Å². The number of aromatic amines is 1. The number of anilines is 2. The van der Waals surface area contributed by atoms with Gasteiger partial charge in [0.2, 0.25) is 18.6 Å². The van der Waals surface area contributed by atoms with Crippen LogP contribution in [0.25, 0.3) is 17.0 Å². The van der Waals surface area contributed by atoms with Gasteiger partial charge in [-0.05, 0) is 37.1 Å². The normalized spacial score (nSPS) is 15.5. The molecule has 4 aromatic rings. The predicted molar refractivity (Wildman–Crippen MR) is 131 cm³/mol. The SMILES string of the molecule is O=C(Nc1ccc2c(c1)OCO2)C1CCN(c2cnn(-c3nc4ccccc4[nH]3)c(=O)c2Cl)CC1. The molecule has 0 saturated carbocycles. The van der Waals surface area contributed by atoms with Crippen LogP contribution in [-0.4, -0.2) is 45.5 Å². The highest BCUT2D eigenvalue weighted by molar-refractivity contribution is 6.33. The number of carbonyl (C=O) groups excluding carboxylic acids is 1. The van der Waals surface area contributed by atoms with Gasteiger partial charge in [0.15, 0.2) is 11.5 Å². The lowest BCUT2D eigenvalue weighted by atomic mass is 9.95. The van der Waals surface area contributed by atoms with Crippen LogP contribution >= 0.6 is 11.6 Å². The molecule has 2 aromatic carbocycles. The van der Waals surface area contributed by atoms with Gasteiger partial charge in [0.1, 0.15) is 5.02 Å². The minimum Gasteiger partial charge on any atom is -0.454 e. The van der Waals surface area contributed by atoms with Crippen molar-refractivity contribution in [3.05, 3.63) is 64.0 Å². The number of hydrogen-bond acceptors (Lipinski definition) is 7. The first-order valence-electron chi connectivity index (χ1n) is 11.3. The number of hydrogen-bond donors (Lipinski definition) is 2. The smallest absolute Gasteiger partial charge is 0.295 e. The van der Waals surface area contributed by atoms with E-state index in [-0.39, 0.29) is 23.6 Å². The van der Waals surface area contributed by atoms with Crippen LogP contribution in [0.5, 0.6) is 11.5 Å². The molecule has 11 heteroatoms. The first-order valence-corrected chi connectivity index (χ1v) is 11.6. The first-order chi connectivity index (χ1) is 17.1. The molecule has 0 atom stereocenters. The maximum Gasteiger partial charge on any atom is 0.295 e. The molecule has 1 fully saturated rings. The Balaban J connectivity index is 1.14. The van der Waals surface area contributed by atoms with E-state index in [9.17, 15) is 9.59 Å². The van der Waals surface area contributed by atoms with Gasteiger partial charge in [0.25, 0.3) is 5.56 Å². The molecule has 4 heterocycles.